The Morgan fingerprint density at radius 3 is 3.23 bits per heavy atom. The number of fused-ring (bicyclic) bond motifs is 1. The van der Waals surface area contributed by atoms with Gasteiger partial charge in [-0.1, -0.05) is 16.9 Å². The second kappa shape index (κ2) is 6.53. The van der Waals surface area contributed by atoms with Crippen LogP contribution in [0.5, 0.6) is 0 Å². The molecule has 0 atom stereocenters. The molecule has 1 aromatic rings. The summed E-state index contributed by atoms with van der Waals surface area (Å²) in [7, 11) is 0. The van der Waals surface area contributed by atoms with Gasteiger partial charge in [0.2, 0.25) is 11.8 Å². The van der Waals surface area contributed by atoms with Gasteiger partial charge < -0.3 is 9.84 Å². The maximum Gasteiger partial charge on any atom is 0.248 e. The van der Waals surface area contributed by atoms with Crippen LogP contribution in [0.3, 0.4) is 0 Å². The van der Waals surface area contributed by atoms with E-state index in [1.54, 1.807) is 18.0 Å². The first-order valence-corrected chi connectivity index (χ1v) is 8.42. The Hall–Kier alpha value is -1.81. The molecule has 2 amide bonds. The van der Waals surface area contributed by atoms with Crippen LogP contribution in [0.4, 0.5) is 5.82 Å². The zero-order valence-electron chi connectivity index (χ0n) is 11.7. The van der Waals surface area contributed by atoms with Crippen LogP contribution in [0, 0.1) is 6.92 Å². The summed E-state index contributed by atoms with van der Waals surface area (Å²) in [4.78, 5) is 27.3. The second-order valence-electron chi connectivity index (χ2n) is 4.64. The molecule has 0 bridgehead atoms. The van der Waals surface area contributed by atoms with Gasteiger partial charge in [-0.15, -0.1) is 0 Å². The summed E-state index contributed by atoms with van der Waals surface area (Å²) in [5, 5.41) is 13.0. The second-order valence-corrected chi connectivity index (χ2v) is 6.82. The van der Waals surface area contributed by atoms with Gasteiger partial charge >= 0.3 is 0 Å². The van der Waals surface area contributed by atoms with Crippen LogP contribution in [0.25, 0.3) is 0 Å². The number of hydrogen-bond acceptors (Lipinski definition) is 8. The van der Waals surface area contributed by atoms with Gasteiger partial charge in [0.1, 0.15) is 5.76 Å². The van der Waals surface area contributed by atoms with Crippen molar-refractivity contribution in [2.45, 2.75) is 19.8 Å². The molecule has 0 spiro atoms. The normalized spacial score (nSPS) is 17.7. The van der Waals surface area contributed by atoms with E-state index in [1.165, 1.54) is 23.5 Å². The first-order valence-electron chi connectivity index (χ1n) is 6.61. The minimum absolute atomic E-state index is 0.120. The standard InChI is InChI=1S/C12H13N5O3S2/c1-7-5-8(16-20-7)13-10(19)6-21-12-15-17-4-2-3-9(18)14-11(17)22-12/h5H,2-4,6H2,1H3,(H,13,16,19). The van der Waals surface area contributed by atoms with E-state index in [9.17, 15) is 9.59 Å². The quantitative estimate of drug-likeness (QED) is 0.893. The molecule has 0 unspecified atom stereocenters. The van der Waals surface area contributed by atoms with Crippen LogP contribution in [0.15, 0.2) is 20.7 Å². The Morgan fingerprint density at radius 2 is 2.45 bits per heavy atom. The number of aromatic nitrogens is 1. The summed E-state index contributed by atoms with van der Waals surface area (Å²) in [6, 6.07) is 1.65. The molecule has 22 heavy (non-hydrogen) atoms. The molecule has 10 heteroatoms. The lowest BCUT2D eigenvalue weighted by atomic mass is 10.3. The van der Waals surface area contributed by atoms with E-state index in [0.717, 1.165) is 6.42 Å². The third-order valence-electron chi connectivity index (χ3n) is 2.80. The maximum absolute atomic E-state index is 11.8. The third-order valence-corrected chi connectivity index (χ3v) is 4.88. The molecule has 3 rings (SSSR count). The number of rotatable bonds is 3. The number of nitrogens with zero attached hydrogens (tertiary/aromatic N) is 4. The van der Waals surface area contributed by atoms with Gasteiger partial charge in [-0.05, 0) is 25.1 Å². The number of hydrogen-bond donors (Lipinski definition) is 1. The lowest BCUT2D eigenvalue weighted by Crippen LogP contribution is -2.18. The summed E-state index contributed by atoms with van der Waals surface area (Å²) in [5.74, 6) is 0.918. The van der Waals surface area contributed by atoms with Crippen LogP contribution in [0.1, 0.15) is 18.6 Å². The average Bonchev–Trinajstić information content (AvgIpc) is 2.99. The number of thioether (sulfide) groups is 2. The van der Waals surface area contributed by atoms with E-state index >= 15 is 0 Å². The highest BCUT2D eigenvalue weighted by Crippen LogP contribution is 2.29. The van der Waals surface area contributed by atoms with Crippen LogP contribution in [-0.2, 0) is 9.59 Å². The Labute approximate surface area is 134 Å². The molecule has 0 fully saturated rings. The largest absolute Gasteiger partial charge is 0.360 e. The fourth-order valence-corrected chi connectivity index (χ4v) is 3.65. The van der Waals surface area contributed by atoms with Crippen molar-refractivity contribution in [2.24, 2.45) is 10.1 Å². The molecule has 2 aliphatic rings. The van der Waals surface area contributed by atoms with Crippen LogP contribution < -0.4 is 5.32 Å². The monoisotopic (exact) mass is 339 g/mol. The smallest absolute Gasteiger partial charge is 0.248 e. The average molecular weight is 339 g/mol. The molecule has 1 N–H and O–H groups in total. The van der Waals surface area contributed by atoms with Crippen molar-refractivity contribution < 1.29 is 14.1 Å². The van der Waals surface area contributed by atoms with Crippen molar-refractivity contribution in [1.82, 2.24) is 10.2 Å². The number of nitrogens with one attached hydrogen (secondary N) is 1. The predicted octanol–water partition coefficient (Wildman–Crippen LogP) is 1.65. The zero-order chi connectivity index (χ0) is 15.5. The van der Waals surface area contributed by atoms with Gasteiger partial charge in [0.05, 0.1) is 5.75 Å². The third kappa shape index (κ3) is 3.69. The van der Waals surface area contributed by atoms with Crippen LogP contribution in [-0.4, -0.2) is 43.8 Å². The molecule has 1 aromatic heterocycles. The minimum atomic E-state index is -0.193. The van der Waals surface area contributed by atoms with Crippen LogP contribution in [0.2, 0.25) is 0 Å². The molecule has 0 saturated carbocycles. The van der Waals surface area contributed by atoms with E-state index in [-0.39, 0.29) is 17.6 Å². The number of anilines is 1. The molecule has 0 aliphatic carbocycles. The topological polar surface area (TPSA) is 100 Å². The molecule has 0 radical (unpaired) electrons. The van der Waals surface area contributed by atoms with Crippen molar-refractivity contribution in [2.75, 3.05) is 17.6 Å². The molecule has 2 aliphatic heterocycles. The number of aryl methyl sites for hydroxylation is 1. The highest BCUT2D eigenvalue weighted by Gasteiger charge is 2.27. The van der Waals surface area contributed by atoms with Gasteiger partial charge in [0.25, 0.3) is 0 Å². The van der Waals surface area contributed by atoms with E-state index in [0.29, 0.717) is 34.1 Å². The fraction of sp³-hybridized carbons (Fsp3) is 0.417. The molecular formula is C12H13N5O3S2. The van der Waals surface area contributed by atoms with Gasteiger partial charge in [0.15, 0.2) is 15.4 Å². The van der Waals surface area contributed by atoms with Gasteiger partial charge in [0, 0.05) is 19.0 Å². The molecule has 116 valence electrons. The SMILES string of the molecule is Cc1cc(NC(=O)CSC2=NN3CCCC(=O)N=C3S2)no1. The molecule has 8 nitrogen and oxygen atoms in total. The lowest BCUT2D eigenvalue weighted by Gasteiger charge is -2.08. The lowest BCUT2D eigenvalue weighted by molar-refractivity contribution is -0.117. The number of aliphatic imine (C=N–C) groups is 1. The van der Waals surface area contributed by atoms with Gasteiger partial charge in [-0.2, -0.15) is 10.1 Å². The van der Waals surface area contributed by atoms with Crippen molar-refractivity contribution >= 4 is 50.7 Å². The Morgan fingerprint density at radius 1 is 1.59 bits per heavy atom. The summed E-state index contributed by atoms with van der Waals surface area (Å²) in [6.07, 6.45) is 1.19. The van der Waals surface area contributed by atoms with E-state index in [1.807, 2.05) is 0 Å². The Bertz CT molecular complexity index is 669. The van der Waals surface area contributed by atoms with Crippen LogP contribution >= 0.6 is 23.5 Å². The van der Waals surface area contributed by atoms with E-state index in [2.05, 4.69) is 20.6 Å². The fourth-order valence-electron chi connectivity index (χ4n) is 1.85. The molecular weight excluding hydrogens is 326 g/mol. The van der Waals surface area contributed by atoms with Crippen molar-refractivity contribution in [3.8, 4) is 0 Å². The first kappa shape index (κ1) is 15.1. The van der Waals surface area contributed by atoms with Crippen molar-refractivity contribution in [3.05, 3.63) is 11.8 Å². The summed E-state index contributed by atoms with van der Waals surface area (Å²) >= 11 is 2.62. The zero-order valence-corrected chi connectivity index (χ0v) is 13.4. The van der Waals surface area contributed by atoms with Gasteiger partial charge in [-0.25, -0.2) is 5.01 Å². The highest BCUT2D eigenvalue weighted by molar-refractivity contribution is 8.45. The van der Waals surface area contributed by atoms with E-state index < -0.39 is 0 Å². The summed E-state index contributed by atoms with van der Waals surface area (Å²) in [5.41, 5.74) is 0. The Balaban J connectivity index is 1.52. The highest BCUT2D eigenvalue weighted by atomic mass is 32.2. The summed E-state index contributed by atoms with van der Waals surface area (Å²) < 4.78 is 5.58. The molecule has 0 saturated heterocycles. The van der Waals surface area contributed by atoms with Gasteiger partial charge in [-0.3, -0.25) is 9.59 Å². The molecule has 0 aromatic carbocycles. The predicted molar refractivity (Wildman–Crippen MR) is 85.7 cm³/mol. The number of amides is 2. The van der Waals surface area contributed by atoms with Crippen molar-refractivity contribution in [3.63, 3.8) is 0 Å². The first-order chi connectivity index (χ1) is 10.6. The number of hydrazone groups is 1. The Kier molecular flexibility index (Phi) is 4.48. The van der Waals surface area contributed by atoms with Crippen molar-refractivity contribution in [1.29, 1.82) is 0 Å². The minimum Gasteiger partial charge on any atom is -0.360 e. The number of carbonyl (C=O) groups is 2. The van der Waals surface area contributed by atoms with E-state index in [4.69, 9.17) is 4.52 Å². The molecule has 3 heterocycles. The number of amidine groups is 1. The number of carbonyl (C=O) groups excluding carboxylic acids is 2. The maximum atomic E-state index is 11.8. The summed E-state index contributed by atoms with van der Waals surface area (Å²) in [6.45, 7) is 2.42.